The zero-order valence-electron chi connectivity index (χ0n) is 8.56. The van der Waals surface area contributed by atoms with Gasteiger partial charge in [-0.1, -0.05) is 11.8 Å². The van der Waals surface area contributed by atoms with Crippen molar-refractivity contribution < 1.29 is 4.74 Å². The number of rotatable bonds is 6. The Bertz CT molecular complexity index is 276. The van der Waals surface area contributed by atoms with Crippen LogP contribution in [-0.2, 0) is 18.3 Å². The van der Waals surface area contributed by atoms with Crippen LogP contribution >= 0.6 is 11.8 Å². The fourth-order valence-corrected chi connectivity index (χ4v) is 1.77. The van der Waals surface area contributed by atoms with Crippen LogP contribution in [0, 0.1) is 0 Å². The molecule has 80 valence electrons. The normalized spacial score (nSPS) is 10.8. The van der Waals surface area contributed by atoms with Crippen molar-refractivity contribution in [1.82, 2.24) is 14.8 Å². The molecule has 5 nitrogen and oxygen atoms in total. The predicted molar refractivity (Wildman–Crippen MR) is 56.1 cm³/mol. The Kier molecular flexibility index (Phi) is 4.92. The van der Waals surface area contributed by atoms with E-state index in [1.807, 2.05) is 18.5 Å². The van der Waals surface area contributed by atoms with E-state index in [0.29, 0.717) is 6.54 Å². The van der Waals surface area contributed by atoms with Crippen LogP contribution < -0.4 is 5.73 Å². The average Bonchev–Trinajstić information content (AvgIpc) is 2.55. The number of nitrogens with zero attached hydrogens (tertiary/aromatic N) is 3. The fraction of sp³-hybridized carbons (Fsp3) is 0.750. The van der Waals surface area contributed by atoms with Crippen LogP contribution in [0.3, 0.4) is 0 Å². The lowest BCUT2D eigenvalue weighted by atomic mass is 10.6. The molecule has 1 heterocycles. The SMILES string of the molecule is CCOCCSc1nnc(CN)n1C. The fourth-order valence-electron chi connectivity index (χ4n) is 0.985. The van der Waals surface area contributed by atoms with E-state index in [1.165, 1.54) is 0 Å². The average molecular weight is 216 g/mol. The molecule has 0 unspecified atom stereocenters. The summed E-state index contributed by atoms with van der Waals surface area (Å²) >= 11 is 1.63. The number of aromatic nitrogens is 3. The lowest BCUT2D eigenvalue weighted by molar-refractivity contribution is 0.164. The van der Waals surface area contributed by atoms with Gasteiger partial charge in [-0.3, -0.25) is 0 Å². The number of hydrogen-bond donors (Lipinski definition) is 1. The summed E-state index contributed by atoms with van der Waals surface area (Å²) in [5.74, 6) is 1.70. The van der Waals surface area contributed by atoms with E-state index >= 15 is 0 Å². The number of ether oxygens (including phenoxy) is 1. The highest BCUT2D eigenvalue weighted by Gasteiger charge is 2.06. The van der Waals surface area contributed by atoms with Crippen molar-refractivity contribution in [1.29, 1.82) is 0 Å². The third-order valence-electron chi connectivity index (χ3n) is 1.77. The molecular weight excluding hydrogens is 200 g/mol. The molecule has 1 rings (SSSR count). The van der Waals surface area contributed by atoms with Crippen LogP contribution in [0.5, 0.6) is 0 Å². The quantitative estimate of drug-likeness (QED) is 0.551. The lowest BCUT2D eigenvalue weighted by Crippen LogP contribution is -2.05. The van der Waals surface area contributed by atoms with Crippen LogP contribution in [0.1, 0.15) is 12.7 Å². The van der Waals surface area contributed by atoms with Gasteiger partial charge >= 0.3 is 0 Å². The molecule has 1 aromatic heterocycles. The highest BCUT2D eigenvalue weighted by molar-refractivity contribution is 7.99. The largest absolute Gasteiger partial charge is 0.381 e. The molecular formula is C8H16N4OS. The third-order valence-corrected chi connectivity index (χ3v) is 2.76. The van der Waals surface area contributed by atoms with Gasteiger partial charge in [-0.25, -0.2) is 0 Å². The zero-order chi connectivity index (χ0) is 10.4. The van der Waals surface area contributed by atoms with Gasteiger partial charge in [0.25, 0.3) is 0 Å². The van der Waals surface area contributed by atoms with Crippen molar-refractivity contribution in [2.45, 2.75) is 18.6 Å². The smallest absolute Gasteiger partial charge is 0.191 e. The maximum Gasteiger partial charge on any atom is 0.191 e. The summed E-state index contributed by atoms with van der Waals surface area (Å²) in [7, 11) is 1.92. The maximum absolute atomic E-state index is 5.48. The Labute approximate surface area is 88.0 Å². The molecule has 0 bridgehead atoms. The highest BCUT2D eigenvalue weighted by atomic mass is 32.2. The summed E-state index contributed by atoms with van der Waals surface area (Å²) < 4.78 is 7.14. The van der Waals surface area contributed by atoms with Crippen molar-refractivity contribution >= 4 is 11.8 Å². The van der Waals surface area contributed by atoms with E-state index in [4.69, 9.17) is 10.5 Å². The topological polar surface area (TPSA) is 66.0 Å². The molecule has 14 heavy (non-hydrogen) atoms. The van der Waals surface area contributed by atoms with Crippen molar-refractivity contribution in [3.05, 3.63) is 5.82 Å². The minimum absolute atomic E-state index is 0.426. The zero-order valence-corrected chi connectivity index (χ0v) is 9.38. The van der Waals surface area contributed by atoms with E-state index in [1.54, 1.807) is 11.8 Å². The Balaban J connectivity index is 2.39. The van der Waals surface area contributed by atoms with Crippen LogP contribution in [-0.4, -0.2) is 33.7 Å². The molecule has 0 spiro atoms. The lowest BCUT2D eigenvalue weighted by Gasteiger charge is -2.02. The first-order valence-corrected chi connectivity index (χ1v) is 5.57. The molecule has 0 atom stereocenters. The van der Waals surface area contributed by atoms with E-state index < -0.39 is 0 Å². The van der Waals surface area contributed by atoms with Gasteiger partial charge < -0.3 is 15.0 Å². The molecule has 0 aliphatic carbocycles. The second kappa shape index (κ2) is 6.00. The van der Waals surface area contributed by atoms with Crippen LogP contribution in [0.2, 0.25) is 0 Å². The molecule has 0 amide bonds. The Morgan fingerprint density at radius 3 is 2.86 bits per heavy atom. The van der Waals surface area contributed by atoms with E-state index in [-0.39, 0.29) is 0 Å². The number of thioether (sulfide) groups is 1. The van der Waals surface area contributed by atoms with Gasteiger partial charge in [-0.05, 0) is 6.92 Å². The first-order valence-electron chi connectivity index (χ1n) is 4.58. The van der Waals surface area contributed by atoms with Crippen molar-refractivity contribution in [2.24, 2.45) is 12.8 Å². The van der Waals surface area contributed by atoms with Gasteiger partial charge in [0.1, 0.15) is 5.82 Å². The summed E-state index contributed by atoms with van der Waals surface area (Å²) in [5.41, 5.74) is 5.48. The summed E-state index contributed by atoms with van der Waals surface area (Å²) in [5, 5.41) is 8.88. The van der Waals surface area contributed by atoms with E-state index in [2.05, 4.69) is 10.2 Å². The Morgan fingerprint density at radius 1 is 1.50 bits per heavy atom. The van der Waals surface area contributed by atoms with Gasteiger partial charge in [0.05, 0.1) is 13.2 Å². The Hall–Kier alpha value is -0.590. The summed E-state index contributed by atoms with van der Waals surface area (Å²) in [6.07, 6.45) is 0. The second-order valence-corrected chi connectivity index (χ2v) is 3.77. The second-order valence-electron chi connectivity index (χ2n) is 2.71. The maximum atomic E-state index is 5.48. The van der Waals surface area contributed by atoms with Crippen molar-refractivity contribution in [3.8, 4) is 0 Å². The highest BCUT2D eigenvalue weighted by Crippen LogP contribution is 2.14. The van der Waals surface area contributed by atoms with E-state index in [0.717, 1.165) is 29.9 Å². The molecule has 0 saturated heterocycles. The van der Waals surface area contributed by atoms with Crippen LogP contribution in [0.15, 0.2) is 5.16 Å². The summed E-state index contributed by atoms with van der Waals surface area (Å²) in [6, 6.07) is 0. The molecule has 0 saturated carbocycles. The van der Waals surface area contributed by atoms with Crippen LogP contribution in [0.25, 0.3) is 0 Å². The summed E-state index contributed by atoms with van der Waals surface area (Å²) in [4.78, 5) is 0. The minimum atomic E-state index is 0.426. The number of nitrogens with two attached hydrogens (primary N) is 1. The van der Waals surface area contributed by atoms with E-state index in [9.17, 15) is 0 Å². The first-order chi connectivity index (χ1) is 6.79. The standard InChI is InChI=1S/C8H16N4OS/c1-3-13-4-5-14-8-11-10-7(6-9)12(8)2/h3-6,9H2,1-2H3. The van der Waals surface area contributed by atoms with Gasteiger partial charge in [0.2, 0.25) is 0 Å². The molecule has 1 aromatic rings. The van der Waals surface area contributed by atoms with Gasteiger partial charge in [-0.15, -0.1) is 10.2 Å². The molecule has 2 N–H and O–H groups in total. The molecule has 0 aliphatic rings. The van der Waals surface area contributed by atoms with Crippen LogP contribution in [0.4, 0.5) is 0 Å². The Morgan fingerprint density at radius 2 is 2.29 bits per heavy atom. The minimum Gasteiger partial charge on any atom is -0.381 e. The first kappa shape index (κ1) is 11.5. The molecule has 0 aliphatic heterocycles. The predicted octanol–water partition coefficient (Wildman–Crippen LogP) is 0.402. The van der Waals surface area contributed by atoms with Gasteiger partial charge in [0, 0.05) is 19.4 Å². The number of hydrogen-bond acceptors (Lipinski definition) is 5. The molecule has 0 radical (unpaired) electrons. The molecule has 0 aromatic carbocycles. The molecule has 0 fully saturated rings. The van der Waals surface area contributed by atoms with Gasteiger partial charge in [0.15, 0.2) is 5.16 Å². The monoisotopic (exact) mass is 216 g/mol. The van der Waals surface area contributed by atoms with Gasteiger partial charge in [-0.2, -0.15) is 0 Å². The summed E-state index contributed by atoms with van der Waals surface area (Å²) in [6.45, 7) is 3.91. The van der Waals surface area contributed by atoms with Crippen molar-refractivity contribution in [2.75, 3.05) is 19.0 Å². The third kappa shape index (κ3) is 2.97. The van der Waals surface area contributed by atoms with Crippen molar-refractivity contribution in [3.63, 3.8) is 0 Å². The molecule has 6 heteroatoms.